The highest BCUT2D eigenvalue weighted by Crippen LogP contribution is 2.32. The molecule has 4 rings (SSSR count). The number of nitrogens with zero attached hydrogens (tertiary/aromatic N) is 4. The van der Waals surface area contributed by atoms with Crippen molar-refractivity contribution in [2.24, 2.45) is 0 Å². The van der Waals surface area contributed by atoms with E-state index in [9.17, 15) is 9.90 Å². The number of amides is 1. The number of phenolic OH excluding ortho intramolecular Hbond substituents is 1. The molecule has 0 atom stereocenters. The summed E-state index contributed by atoms with van der Waals surface area (Å²) in [6.07, 6.45) is 1.94. The van der Waals surface area contributed by atoms with Crippen molar-refractivity contribution >= 4 is 5.91 Å². The molecular weight excluding hydrogens is 444 g/mol. The van der Waals surface area contributed by atoms with Crippen LogP contribution in [0.5, 0.6) is 11.5 Å². The second-order valence-corrected chi connectivity index (χ2v) is 9.57. The minimum Gasteiger partial charge on any atom is -0.504 e. The highest BCUT2D eigenvalue weighted by atomic mass is 16.5. The summed E-state index contributed by atoms with van der Waals surface area (Å²) in [5.41, 5.74) is 3.80. The normalized spacial score (nSPS) is 18.1. The molecule has 8 nitrogen and oxygen atoms in total. The first-order valence-corrected chi connectivity index (χ1v) is 12.5. The molecule has 0 saturated carbocycles. The fraction of sp³-hybridized carbons (Fsp3) is 0.556. The topological polar surface area (TPSA) is 78.4 Å². The zero-order chi connectivity index (χ0) is 24.8. The van der Waals surface area contributed by atoms with Gasteiger partial charge in [0.05, 0.1) is 25.0 Å². The van der Waals surface area contributed by atoms with E-state index < -0.39 is 0 Å². The Morgan fingerprint density at radius 2 is 1.77 bits per heavy atom. The van der Waals surface area contributed by atoms with Gasteiger partial charge in [0.15, 0.2) is 11.5 Å². The SMILES string of the molecule is COCCN1CCN(C(=O)c2ccc(C)nc2C2CCN(Cc3ccc(O)c(OC)c3)CC2)CC1. The van der Waals surface area contributed by atoms with E-state index in [0.717, 1.165) is 94.3 Å². The van der Waals surface area contributed by atoms with Crippen molar-refractivity contribution in [2.45, 2.75) is 32.2 Å². The Balaban J connectivity index is 1.38. The maximum Gasteiger partial charge on any atom is 0.255 e. The average Bonchev–Trinajstić information content (AvgIpc) is 2.89. The van der Waals surface area contributed by atoms with Crippen LogP contribution in [0.3, 0.4) is 0 Å². The summed E-state index contributed by atoms with van der Waals surface area (Å²) in [5, 5.41) is 9.85. The fourth-order valence-electron chi connectivity index (χ4n) is 5.08. The maximum absolute atomic E-state index is 13.5. The molecule has 190 valence electrons. The number of carbonyl (C=O) groups excluding carboxylic acids is 1. The van der Waals surface area contributed by atoms with Crippen LogP contribution >= 0.6 is 0 Å². The van der Waals surface area contributed by atoms with Crippen LogP contribution in [0, 0.1) is 6.92 Å². The van der Waals surface area contributed by atoms with Crippen LogP contribution in [0.4, 0.5) is 0 Å². The lowest BCUT2D eigenvalue weighted by atomic mass is 9.89. The van der Waals surface area contributed by atoms with Gasteiger partial charge < -0.3 is 19.5 Å². The number of piperidine rings is 1. The lowest BCUT2D eigenvalue weighted by Gasteiger charge is -2.36. The summed E-state index contributed by atoms with van der Waals surface area (Å²) in [6, 6.07) is 9.46. The molecule has 2 aliphatic rings. The first-order valence-electron chi connectivity index (χ1n) is 12.5. The number of carbonyl (C=O) groups is 1. The molecule has 2 saturated heterocycles. The van der Waals surface area contributed by atoms with Gasteiger partial charge in [0, 0.05) is 58.0 Å². The second-order valence-electron chi connectivity index (χ2n) is 9.57. The largest absolute Gasteiger partial charge is 0.504 e. The lowest BCUT2D eigenvalue weighted by molar-refractivity contribution is 0.0591. The van der Waals surface area contributed by atoms with Crippen molar-refractivity contribution in [1.82, 2.24) is 19.7 Å². The Morgan fingerprint density at radius 1 is 1.03 bits per heavy atom. The predicted molar refractivity (Wildman–Crippen MR) is 135 cm³/mol. The van der Waals surface area contributed by atoms with E-state index in [1.54, 1.807) is 20.3 Å². The molecule has 2 aliphatic heterocycles. The summed E-state index contributed by atoms with van der Waals surface area (Å²) in [6.45, 7) is 9.56. The molecule has 1 N–H and O–H groups in total. The van der Waals surface area contributed by atoms with Crippen molar-refractivity contribution in [3.05, 3.63) is 52.8 Å². The number of aryl methyl sites for hydroxylation is 1. The number of ether oxygens (including phenoxy) is 2. The molecule has 1 aromatic heterocycles. The number of methoxy groups -OCH3 is 2. The molecule has 1 aromatic carbocycles. The van der Waals surface area contributed by atoms with Gasteiger partial charge in [-0.25, -0.2) is 0 Å². The number of hydrogen-bond donors (Lipinski definition) is 1. The van der Waals surface area contributed by atoms with Crippen LogP contribution in [0.25, 0.3) is 0 Å². The predicted octanol–water partition coefficient (Wildman–Crippen LogP) is 2.89. The molecule has 8 heteroatoms. The van der Waals surface area contributed by atoms with Crippen molar-refractivity contribution in [2.75, 3.05) is 66.6 Å². The monoisotopic (exact) mass is 482 g/mol. The van der Waals surface area contributed by atoms with Gasteiger partial charge in [0.25, 0.3) is 5.91 Å². The number of hydrogen-bond acceptors (Lipinski definition) is 7. The van der Waals surface area contributed by atoms with Gasteiger partial charge in [-0.2, -0.15) is 0 Å². The average molecular weight is 483 g/mol. The Bertz CT molecular complexity index is 999. The van der Waals surface area contributed by atoms with E-state index in [4.69, 9.17) is 14.5 Å². The van der Waals surface area contributed by atoms with E-state index in [0.29, 0.717) is 5.75 Å². The molecule has 0 bridgehead atoms. The van der Waals surface area contributed by atoms with Gasteiger partial charge in [-0.3, -0.25) is 19.6 Å². The molecule has 2 fully saturated rings. The van der Waals surface area contributed by atoms with Gasteiger partial charge in [0.2, 0.25) is 0 Å². The summed E-state index contributed by atoms with van der Waals surface area (Å²) >= 11 is 0. The minimum atomic E-state index is 0.109. The highest BCUT2D eigenvalue weighted by molar-refractivity contribution is 5.95. The van der Waals surface area contributed by atoms with Crippen LogP contribution < -0.4 is 4.74 Å². The zero-order valence-electron chi connectivity index (χ0n) is 21.2. The maximum atomic E-state index is 13.5. The Morgan fingerprint density at radius 3 is 2.46 bits per heavy atom. The molecule has 0 spiro atoms. The van der Waals surface area contributed by atoms with E-state index in [-0.39, 0.29) is 17.6 Å². The molecule has 1 amide bonds. The Hall–Kier alpha value is -2.68. The molecule has 0 aliphatic carbocycles. The quantitative estimate of drug-likeness (QED) is 0.620. The number of pyridine rings is 1. The summed E-state index contributed by atoms with van der Waals surface area (Å²) < 4.78 is 10.4. The number of aromatic nitrogens is 1. The number of rotatable bonds is 8. The number of aromatic hydroxyl groups is 1. The van der Waals surface area contributed by atoms with Crippen molar-refractivity contribution < 1.29 is 19.4 Å². The molecule has 0 unspecified atom stereocenters. The molecule has 2 aromatic rings. The first kappa shape index (κ1) is 25.4. The van der Waals surface area contributed by atoms with E-state index in [1.165, 1.54) is 0 Å². The number of benzene rings is 1. The fourth-order valence-corrected chi connectivity index (χ4v) is 5.08. The van der Waals surface area contributed by atoms with Gasteiger partial charge in [-0.15, -0.1) is 0 Å². The van der Waals surface area contributed by atoms with Gasteiger partial charge >= 0.3 is 0 Å². The van der Waals surface area contributed by atoms with Gasteiger partial charge in [-0.1, -0.05) is 6.07 Å². The number of phenols is 1. The third kappa shape index (κ3) is 6.31. The van der Waals surface area contributed by atoms with Crippen LogP contribution in [0.2, 0.25) is 0 Å². The van der Waals surface area contributed by atoms with Crippen LogP contribution in [0.1, 0.15) is 46.1 Å². The standard InChI is InChI=1S/C27H38N4O4/c1-20-4-6-23(27(33)31-14-12-29(13-15-31)16-17-34-2)26(28-20)22-8-10-30(11-9-22)19-21-5-7-24(32)25(18-21)35-3/h4-7,18,22,32H,8-17,19H2,1-3H3. The third-order valence-corrected chi connectivity index (χ3v) is 7.19. The summed E-state index contributed by atoms with van der Waals surface area (Å²) in [4.78, 5) is 25.1. The molecule has 3 heterocycles. The van der Waals surface area contributed by atoms with Crippen LogP contribution in [-0.4, -0.2) is 97.3 Å². The van der Waals surface area contributed by atoms with Crippen molar-refractivity contribution in [3.63, 3.8) is 0 Å². The lowest BCUT2D eigenvalue weighted by Crippen LogP contribution is -2.49. The first-order chi connectivity index (χ1) is 17.0. The summed E-state index contributed by atoms with van der Waals surface area (Å²) in [7, 11) is 3.29. The second kappa shape index (κ2) is 11.8. The zero-order valence-corrected chi connectivity index (χ0v) is 21.2. The Kier molecular flexibility index (Phi) is 8.59. The van der Waals surface area contributed by atoms with Crippen LogP contribution in [0.15, 0.2) is 30.3 Å². The number of piperazine rings is 1. The number of likely N-dealkylation sites (tertiary alicyclic amines) is 1. The van der Waals surface area contributed by atoms with E-state index >= 15 is 0 Å². The highest BCUT2D eigenvalue weighted by Gasteiger charge is 2.29. The van der Waals surface area contributed by atoms with Crippen molar-refractivity contribution in [3.8, 4) is 11.5 Å². The molecular formula is C27H38N4O4. The van der Waals surface area contributed by atoms with Crippen LogP contribution in [-0.2, 0) is 11.3 Å². The Labute approximate surface area is 208 Å². The molecule has 0 radical (unpaired) electrons. The van der Waals surface area contributed by atoms with E-state index in [2.05, 4.69) is 9.80 Å². The van der Waals surface area contributed by atoms with Gasteiger partial charge in [-0.05, 0) is 62.7 Å². The minimum absolute atomic E-state index is 0.109. The van der Waals surface area contributed by atoms with Gasteiger partial charge in [0.1, 0.15) is 0 Å². The summed E-state index contributed by atoms with van der Waals surface area (Å²) in [5.74, 6) is 1.05. The smallest absolute Gasteiger partial charge is 0.255 e. The van der Waals surface area contributed by atoms with E-state index in [1.807, 2.05) is 36.1 Å². The molecule has 35 heavy (non-hydrogen) atoms. The third-order valence-electron chi connectivity index (χ3n) is 7.19. The van der Waals surface area contributed by atoms with Crippen molar-refractivity contribution in [1.29, 1.82) is 0 Å².